The summed E-state index contributed by atoms with van der Waals surface area (Å²) in [5.74, 6) is 0. The zero-order valence-electron chi connectivity index (χ0n) is 36.7. The smallest absolute Gasteiger partial charge is 0.145 e. The zero-order valence-corrected chi connectivity index (χ0v) is 36.7. The average Bonchev–Trinajstić information content (AvgIpc) is 4.00. The second kappa shape index (κ2) is 14.8. The fourth-order valence-electron chi connectivity index (χ4n) is 10.9. The van der Waals surface area contributed by atoms with E-state index in [2.05, 4.69) is 248 Å². The van der Waals surface area contributed by atoms with Crippen LogP contribution >= 0.6 is 0 Å². The van der Waals surface area contributed by atoms with Crippen molar-refractivity contribution in [1.82, 2.24) is 4.57 Å². The number of anilines is 3. The van der Waals surface area contributed by atoms with Crippen molar-refractivity contribution in [2.24, 2.45) is 0 Å². The maximum Gasteiger partial charge on any atom is 0.145 e. The SMILES string of the molecule is CC1(C)c2cc(N(c3ccc(-c4ccccc4)cc3)c3ccc(-c4ccc(-n5c6ccccc6c6c7oc8ccccc8c7ccc65)cc4)cc3)ccc2-c2cccc(-c3ccccc3)c21. The molecule has 0 unspecified atom stereocenters. The summed E-state index contributed by atoms with van der Waals surface area (Å²) in [5, 5.41) is 4.62. The van der Waals surface area contributed by atoms with E-state index in [0.717, 1.165) is 72.2 Å². The van der Waals surface area contributed by atoms with Gasteiger partial charge in [0.15, 0.2) is 0 Å². The van der Waals surface area contributed by atoms with Gasteiger partial charge in [0.1, 0.15) is 11.2 Å². The first kappa shape index (κ1) is 38.1. The molecule has 0 amide bonds. The summed E-state index contributed by atoms with van der Waals surface area (Å²) in [7, 11) is 0. The van der Waals surface area contributed by atoms with E-state index >= 15 is 0 Å². The first-order valence-corrected chi connectivity index (χ1v) is 22.8. The highest BCUT2D eigenvalue weighted by molar-refractivity contribution is 6.23. The minimum atomic E-state index is -0.204. The molecule has 0 spiro atoms. The second-order valence-electron chi connectivity index (χ2n) is 18.1. The number of furan rings is 1. The van der Waals surface area contributed by atoms with Gasteiger partial charge in [0.2, 0.25) is 0 Å². The maximum atomic E-state index is 6.55. The van der Waals surface area contributed by atoms with Gasteiger partial charge in [-0.25, -0.2) is 0 Å². The average molecular weight is 845 g/mol. The van der Waals surface area contributed by atoms with E-state index in [1.54, 1.807) is 0 Å². The van der Waals surface area contributed by atoms with Crippen LogP contribution in [-0.4, -0.2) is 4.57 Å². The predicted molar refractivity (Wildman–Crippen MR) is 277 cm³/mol. The summed E-state index contributed by atoms with van der Waals surface area (Å²) >= 11 is 0. The Bertz CT molecular complexity index is 3800. The fourth-order valence-corrected chi connectivity index (χ4v) is 10.9. The van der Waals surface area contributed by atoms with Crippen molar-refractivity contribution in [1.29, 1.82) is 0 Å². The van der Waals surface area contributed by atoms with Gasteiger partial charge in [-0.2, -0.15) is 0 Å². The van der Waals surface area contributed by atoms with Crippen LogP contribution in [0.4, 0.5) is 17.1 Å². The van der Waals surface area contributed by atoms with E-state index in [1.807, 2.05) is 6.07 Å². The quantitative estimate of drug-likeness (QED) is 0.159. The molecule has 13 rings (SSSR count). The van der Waals surface area contributed by atoms with Gasteiger partial charge in [-0.05, 0) is 128 Å². The first-order valence-electron chi connectivity index (χ1n) is 22.8. The van der Waals surface area contributed by atoms with Gasteiger partial charge in [-0.1, -0.05) is 172 Å². The number of rotatable bonds is 7. The molecule has 0 aliphatic heterocycles. The van der Waals surface area contributed by atoms with Gasteiger partial charge >= 0.3 is 0 Å². The molecule has 66 heavy (non-hydrogen) atoms. The predicted octanol–water partition coefficient (Wildman–Crippen LogP) is 17.5. The summed E-state index contributed by atoms with van der Waals surface area (Å²) in [6.45, 7) is 4.77. The molecule has 0 saturated heterocycles. The topological polar surface area (TPSA) is 21.3 Å². The Morgan fingerprint density at radius 1 is 0.394 bits per heavy atom. The molecule has 0 N–H and O–H groups in total. The third kappa shape index (κ3) is 5.90. The molecule has 2 aromatic heterocycles. The van der Waals surface area contributed by atoms with Crippen LogP contribution in [0.3, 0.4) is 0 Å². The number of aromatic nitrogens is 1. The summed E-state index contributed by atoms with van der Waals surface area (Å²) in [6.07, 6.45) is 0. The van der Waals surface area contributed by atoms with E-state index in [1.165, 1.54) is 49.9 Å². The molecule has 2 heterocycles. The minimum absolute atomic E-state index is 0.204. The Kier molecular flexibility index (Phi) is 8.56. The van der Waals surface area contributed by atoms with Crippen molar-refractivity contribution in [3.05, 3.63) is 242 Å². The van der Waals surface area contributed by atoms with Gasteiger partial charge in [0.25, 0.3) is 0 Å². The molecule has 0 radical (unpaired) electrons. The lowest BCUT2D eigenvalue weighted by Gasteiger charge is -2.29. The van der Waals surface area contributed by atoms with Crippen LogP contribution in [-0.2, 0) is 5.41 Å². The van der Waals surface area contributed by atoms with Gasteiger partial charge < -0.3 is 13.9 Å². The zero-order chi connectivity index (χ0) is 43.9. The molecule has 1 aliphatic carbocycles. The fraction of sp³-hybridized carbons (Fsp3) is 0.0476. The first-order chi connectivity index (χ1) is 32.5. The number of hydrogen-bond acceptors (Lipinski definition) is 2. The van der Waals surface area contributed by atoms with Crippen molar-refractivity contribution in [3.8, 4) is 50.2 Å². The number of nitrogens with zero attached hydrogens (tertiary/aromatic N) is 2. The number of hydrogen-bond donors (Lipinski definition) is 0. The standard InChI is InChI=1S/C63H44N2O/c1-63(2)56-40-49(36-37-51(56)53-21-13-20-50(61(53)63)45-16-7-4-8-17-45)64(46-30-24-42(25-31-46)41-14-5-3-6-15-41)47-32-26-43(27-33-47)44-28-34-48(35-29-44)65-57-22-11-9-19-55(57)60-58(65)39-38-54-52-18-10-12-23-59(52)66-62(54)60/h3-40H,1-2H3. The van der Waals surface area contributed by atoms with Crippen molar-refractivity contribution >= 4 is 60.8 Å². The van der Waals surface area contributed by atoms with Gasteiger partial charge in [0, 0.05) is 44.3 Å². The highest BCUT2D eigenvalue weighted by Crippen LogP contribution is 2.54. The van der Waals surface area contributed by atoms with Gasteiger partial charge in [-0.3, -0.25) is 0 Å². The molecule has 12 aromatic rings. The summed E-state index contributed by atoms with van der Waals surface area (Å²) in [5.41, 5.74) is 21.0. The Morgan fingerprint density at radius 2 is 0.955 bits per heavy atom. The summed E-state index contributed by atoms with van der Waals surface area (Å²) in [6, 6.07) is 83.7. The molecule has 312 valence electrons. The third-order valence-corrected chi connectivity index (χ3v) is 14.0. The molecule has 3 nitrogen and oxygen atoms in total. The Balaban J connectivity index is 0.878. The van der Waals surface area contributed by atoms with Crippen LogP contribution < -0.4 is 4.90 Å². The van der Waals surface area contributed by atoms with E-state index in [4.69, 9.17) is 4.42 Å². The molecular formula is C63H44N2O. The molecule has 0 saturated carbocycles. The van der Waals surface area contributed by atoms with E-state index in [9.17, 15) is 0 Å². The summed E-state index contributed by atoms with van der Waals surface area (Å²) in [4.78, 5) is 2.40. The monoisotopic (exact) mass is 844 g/mol. The van der Waals surface area contributed by atoms with E-state index in [-0.39, 0.29) is 5.41 Å². The van der Waals surface area contributed by atoms with Crippen molar-refractivity contribution in [3.63, 3.8) is 0 Å². The Hall–Kier alpha value is -8.40. The summed E-state index contributed by atoms with van der Waals surface area (Å²) < 4.78 is 8.92. The molecule has 0 fully saturated rings. The van der Waals surface area contributed by atoms with Gasteiger partial charge in [0.05, 0.1) is 16.4 Å². The largest absolute Gasteiger partial charge is 0.455 e. The van der Waals surface area contributed by atoms with Crippen LogP contribution in [0.1, 0.15) is 25.0 Å². The number of fused-ring (bicyclic) bond motifs is 10. The lowest BCUT2D eigenvalue weighted by Crippen LogP contribution is -2.17. The van der Waals surface area contributed by atoms with Crippen LogP contribution in [0.25, 0.3) is 93.9 Å². The number of para-hydroxylation sites is 2. The van der Waals surface area contributed by atoms with Crippen LogP contribution in [0.15, 0.2) is 235 Å². The second-order valence-corrected chi connectivity index (χ2v) is 18.1. The van der Waals surface area contributed by atoms with Crippen LogP contribution in [0.5, 0.6) is 0 Å². The molecule has 10 aromatic carbocycles. The van der Waals surface area contributed by atoms with E-state index in [0.29, 0.717) is 0 Å². The Labute approximate surface area is 384 Å². The molecule has 0 bridgehead atoms. The number of benzene rings is 10. The highest BCUT2D eigenvalue weighted by atomic mass is 16.3. The van der Waals surface area contributed by atoms with E-state index < -0.39 is 0 Å². The third-order valence-electron chi connectivity index (χ3n) is 14.0. The maximum absolute atomic E-state index is 6.55. The van der Waals surface area contributed by atoms with Crippen LogP contribution in [0.2, 0.25) is 0 Å². The molecule has 0 atom stereocenters. The molecular weight excluding hydrogens is 801 g/mol. The normalized spacial score (nSPS) is 12.8. The highest BCUT2D eigenvalue weighted by Gasteiger charge is 2.38. The molecule has 3 heteroatoms. The lowest BCUT2D eigenvalue weighted by atomic mass is 9.78. The Morgan fingerprint density at radius 3 is 1.65 bits per heavy atom. The van der Waals surface area contributed by atoms with Crippen molar-refractivity contribution in [2.45, 2.75) is 19.3 Å². The van der Waals surface area contributed by atoms with Crippen LogP contribution in [0, 0.1) is 0 Å². The van der Waals surface area contributed by atoms with Crippen molar-refractivity contribution < 1.29 is 4.42 Å². The minimum Gasteiger partial charge on any atom is -0.455 e. The van der Waals surface area contributed by atoms with Crippen molar-refractivity contribution in [2.75, 3.05) is 4.90 Å². The van der Waals surface area contributed by atoms with Gasteiger partial charge in [-0.15, -0.1) is 0 Å². The molecule has 1 aliphatic rings. The lowest BCUT2D eigenvalue weighted by molar-refractivity contribution is 0.662.